The number of carbonyl (C=O) groups is 4. The van der Waals surface area contributed by atoms with Crippen LogP contribution < -0.4 is 21.3 Å². The van der Waals surface area contributed by atoms with E-state index in [9.17, 15) is 23.6 Å². The van der Waals surface area contributed by atoms with Crippen LogP contribution in [0.1, 0.15) is 55.3 Å². The fourth-order valence-electron chi connectivity index (χ4n) is 5.50. The van der Waals surface area contributed by atoms with Gasteiger partial charge in [0.25, 0.3) is 5.91 Å². The molecular formula is C28H40FN5O6. The zero-order chi connectivity index (χ0) is 28.3. The van der Waals surface area contributed by atoms with Gasteiger partial charge in [-0.25, -0.2) is 4.39 Å². The highest BCUT2D eigenvalue weighted by Gasteiger charge is 2.40. The Bertz CT molecular complexity index is 1020. The maximum atomic E-state index is 13.4. The highest BCUT2D eigenvalue weighted by Crippen LogP contribution is 2.22. The molecule has 2 saturated heterocycles. The average Bonchev–Trinajstić information content (AvgIpc) is 3.61. The predicted molar refractivity (Wildman–Crippen MR) is 144 cm³/mol. The highest BCUT2D eigenvalue weighted by molar-refractivity contribution is 5.98. The number of benzene rings is 1. The normalized spacial score (nSPS) is 26.6. The van der Waals surface area contributed by atoms with E-state index in [1.165, 1.54) is 29.2 Å². The summed E-state index contributed by atoms with van der Waals surface area (Å²) in [6.45, 7) is 1.45. The standard InChI is InChI=1S/C28H40FN5O6/c29-20-9-7-19(8-10-20)28(38)34-17-22-16-24(34)27(37)30-11-3-6-23(32-21-4-1-2-5-21)26(36)31-12-13-39-14-15-40-18-25(35)33-22/h7-10,21-24,32H,1-6,11-18H2,(H,30,37)(H,31,36)(H,33,35)/t22-,23+,24-/m1/s1. The van der Waals surface area contributed by atoms with Crippen LogP contribution in [0.5, 0.6) is 0 Å². The van der Waals surface area contributed by atoms with Crippen LogP contribution in [0.3, 0.4) is 0 Å². The molecule has 1 aromatic carbocycles. The average molecular weight is 562 g/mol. The molecule has 2 bridgehead atoms. The Morgan fingerprint density at radius 2 is 1.62 bits per heavy atom. The Hall–Kier alpha value is -3.09. The second-order valence-electron chi connectivity index (χ2n) is 10.6. The summed E-state index contributed by atoms with van der Waals surface area (Å²) in [7, 11) is 0. The van der Waals surface area contributed by atoms with Crippen LogP contribution in [-0.2, 0) is 23.9 Å². The quantitative estimate of drug-likeness (QED) is 0.421. The number of rotatable bonds is 3. The molecule has 220 valence electrons. The SMILES string of the molecule is O=C1COCCOCCNC(=O)[C@@H](NC2CCCC2)CCCNC(=O)[C@H]2C[C@H](CN2C(=O)c2ccc(F)cc2)N1. The molecule has 2 heterocycles. The molecule has 4 rings (SSSR count). The van der Waals surface area contributed by atoms with Crippen LogP contribution in [0.2, 0.25) is 0 Å². The van der Waals surface area contributed by atoms with Gasteiger partial charge in [0.15, 0.2) is 0 Å². The third-order valence-corrected chi connectivity index (χ3v) is 7.55. The van der Waals surface area contributed by atoms with E-state index < -0.39 is 23.8 Å². The number of nitrogens with zero attached hydrogens (tertiary/aromatic N) is 1. The van der Waals surface area contributed by atoms with Gasteiger partial charge < -0.3 is 35.6 Å². The molecule has 2 aliphatic heterocycles. The second-order valence-corrected chi connectivity index (χ2v) is 10.6. The Balaban J connectivity index is 1.42. The maximum Gasteiger partial charge on any atom is 0.254 e. The molecule has 1 saturated carbocycles. The summed E-state index contributed by atoms with van der Waals surface area (Å²) in [5.41, 5.74) is 0.256. The van der Waals surface area contributed by atoms with Crippen LogP contribution in [0, 0.1) is 5.82 Å². The van der Waals surface area contributed by atoms with Crippen LogP contribution in [0.15, 0.2) is 24.3 Å². The molecule has 12 heteroatoms. The molecule has 3 aliphatic rings. The maximum absolute atomic E-state index is 13.4. The van der Waals surface area contributed by atoms with Crippen molar-refractivity contribution in [2.24, 2.45) is 0 Å². The molecule has 11 nitrogen and oxygen atoms in total. The Kier molecular flexibility index (Phi) is 11.2. The molecule has 0 aromatic heterocycles. The van der Waals surface area contributed by atoms with Gasteiger partial charge in [-0.1, -0.05) is 12.8 Å². The summed E-state index contributed by atoms with van der Waals surface area (Å²) < 4.78 is 24.3. The first-order chi connectivity index (χ1) is 19.4. The number of likely N-dealkylation sites (tertiary alicyclic amines) is 1. The van der Waals surface area contributed by atoms with Crippen LogP contribution in [0.4, 0.5) is 4.39 Å². The summed E-state index contributed by atoms with van der Waals surface area (Å²) >= 11 is 0. The van der Waals surface area contributed by atoms with Crippen molar-refractivity contribution in [2.75, 3.05) is 46.1 Å². The number of ether oxygens (including phenoxy) is 2. The number of hydrogen-bond acceptors (Lipinski definition) is 7. The van der Waals surface area contributed by atoms with Gasteiger partial charge in [-0.2, -0.15) is 0 Å². The third-order valence-electron chi connectivity index (χ3n) is 7.55. The number of halogens is 1. The van der Waals surface area contributed by atoms with Crippen molar-refractivity contribution in [3.8, 4) is 0 Å². The molecule has 3 fully saturated rings. The van der Waals surface area contributed by atoms with Crippen LogP contribution in [-0.4, -0.2) is 98.8 Å². The Morgan fingerprint density at radius 1 is 0.900 bits per heavy atom. The fourth-order valence-corrected chi connectivity index (χ4v) is 5.50. The van der Waals surface area contributed by atoms with Gasteiger partial charge in [-0.15, -0.1) is 0 Å². The topological polar surface area (TPSA) is 138 Å². The van der Waals surface area contributed by atoms with Gasteiger partial charge in [0.05, 0.1) is 25.9 Å². The van der Waals surface area contributed by atoms with E-state index in [1.807, 2.05) is 0 Å². The minimum Gasteiger partial charge on any atom is -0.377 e. The lowest BCUT2D eigenvalue weighted by Crippen LogP contribution is -2.49. The predicted octanol–water partition coefficient (Wildman–Crippen LogP) is 0.485. The van der Waals surface area contributed by atoms with Gasteiger partial charge in [0.1, 0.15) is 18.5 Å². The molecule has 0 unspecified atom stereocenters. The number of amides is 4. The summed E-state index contributed by atoms with van der Waals surface area (Å²) in [5.74, 6) is -1.67. The van der Waals surface area contributed by atoms with E-state index in [-0.39, 0.29) is 62.1 Å². The number of fused-ring (bicyclic) bond motifs is 2. The zero-order valence-electron chi connectivity index (χ0n) is 22.8. The first-order valence-corrected chi connectivity index (χ1v) is 14.2. The van der Waals surface area contributed by atoms with Crippen LogP contribution >= 0.6 is 0 Å². The molecular weight excluding hydrogens is 521 g/mol. The van der Waals surface area contributed by atoms with E-state index in [1.54, 1.807) is 0 Å². The van der Waals surface area contributed by atoms with Crippen molar-refractivity contribution in [1.82, 2.24) is 26.2 Å². The first-order valence-electron chi connectivity index (χ1n) is 14.2. The molecule has 4 N–H and O–H groups in total. The summed E-state index contributed by atoms with van der Waals surface area (Å²) in [6, 6.07) is 3.83. The van der Waals surface area contributed by atoms with Crippen molar-refractivity contribution in [1.29, 1.82) is 0 Å². The van der Waals surface area contributed by atoms with Crippen molar-refractivity contribution >= 4 is 23.6 Å². The van der Waals surface area contributed by atoms with Gasteiger partial charge in [-0.3, -0.25) is 19.2 Å². The third kappa shape index (κ3) is 8.70. The van der Waals surface area contributed by atoms with Crippen molar-refractivity contribution in [3.05, 3.63) is 35.6 Å². The Morgan fingerprint density at radius 3 is 2.40 bits per heavy atom. The molecule has 1 aliphatic carbocycles. The van der Waals surface area contributed by atoms with Crippen molar-refractivity contribution in [2.45, 2.75) is 69.1 Å². The molecule has 3 atom stereocenters. The highest BCUT2D eigenvalue weighted by atomic mass is 19.1. The number of carbonyl (C=O) groups excluding carboxylic acids is 4. The van der Waals surface area contributed by atoms with Crippen molar-refractivity contribution in [3.63, 3.8) is 0 Å². The number of hydrogen-bond donors (Lipinski definition) is 4. The van der Waals surface area contributed by atoms with Gasteiger partial charge in [0, 0.05) is 37.3 Å². The lowest BCUT2D eigenvalue weighted by atomic mass is 10.1. The smallest absolute Gasteiger partial charge is 0.254 e. The Labute approximate surface area is 233 Å². The van der Waals surface area contributed by atoms with Gasteiger partial charge in [-0.05, 0) is 56.4 Å². The molecule has 1 aromatic rings. The molecule has 4 amide bonds. The van der Waals surface area contributed by atoms with Crippen molar-refractivity contribution < 1.29 is 33.0 Å². The van der Waals surface area contributed by atoms with Gasteiger partial charge >= 0.3 is 0 Å². The van der Waals surface area contributed by atoms with E-state index in [4.69, 9.17) is 9.47 Å². The minimum absolute atomic E-state index is 0.0983. The molecule has 0 radical (unpaired) electrons. The monoisotopic (exact) mass is 561 g/mol. The van der Waals surface area contributed by atoms with E-state index in [0.29, 0.717) is 38.6 Å². The van der Waals surface area contributed by atoms with Crippen LogP contribution in [0.25, 0.3) is 0 Å². The van der Waals surface area contributed by atoms with E-state index in [2.05, 4.69) is 21.3 Å². The molecule has 0 spiro atoms. The largest absolute Gasteiger partial charge is 0.377 e. The lowest BCUT2D eigenvalue weighted by Gasteiger charge is -2.24. The number of nitrogens with one attached hydrogen (secondary N) is 4. The minimum atomic E-state index is -0.807. The summed E-state index contributed by atoms with van der Waals surface area (Å²) in [5, 5.41) is 12.2. The lowest BCUT2D eigenvalue weighted by molar-refractivity contribution is -0.127. The summed E-state index contributed by atoms with van der Waals surface area (Å²) in [6.07, 6.45) is 5.72. The van der Waals surface area contributed by atoms with E-state index >= 15 is 0 Å². The fraction of sp³-hybridized carbons (Fsp3) is 0.643. The summed E-state index contributed by atoms with van der Waals surface area (Å²) in [4.78, 5) is 53.3. The van der Waals surface area contributed by atoms with E-state index in [0.717, 1.165) is 25.7 Å². The zero-order valence-corrected chi connectivity index (χ0v) is 22.8. The molecule has 40 heavy (non-hydrogen) atoms. The second kappa shape index (κ2) is 15.1. The first kappa shape index (κ1) is 29.9. The van der Waals surface area contributed by atoms with Gasteiger partial charge in [0.2, 0.25) is 17.7 Å².